The molecular formula is H4Ca2O5Si+2. The summed E-state index contributed by atoms with van der Waals surface area (Å²) < 4.78 is 0. The van der Waals surface area contributed by atoms with Crippen molar-refractivity contribution in [2.45, 2.75) is 0 Å². The Hall–Kier alpha value is 2.54. The minimum Gasteiger partial charge on any atom is -2.00 e. The van der Waals surface area contributed by atoms with E-state index in [2.05, 4.69) is 0 Å². The molecule has 0 unspecified atom stereocenters. The third-order valence-electron chi connectivity index (χ3n) is 0. The second-order valence-corrected chi connectivity index (χ2v) is 1.80. The fourth-order valence-corrected chi connectivity index (χ4v) is 0. The van der Waals surface area contributed by atoms with Gasteiger partial charge in [0.05, 0.1) is 0 Å². The van der Waals surface area contributed by atoms with Gasteiger partial charge in [0, 0.05) is 0 Å². The summed E-state index contributed by atoms with van der Waals surface area (Å²) in [5.74, 6) is 0. The molecule has 5 nitrogen and oxygen atoms in total. The van der Waals surface area contributed by atoms with Crippen LogP contribution in [0.15, 0.2) is 0 Å². The monoisotopic (exact) mass is 192 g/mol. The SMILES string of the molecule is O[Si](O)(O)O.[Ca+2].[Ca+2].[O-2]. The number of hydrogen-bond acceptors (Lipinski definition) is 4. The predicted molar refractivity (Wildman–Crippen MR) is 26.8 cm³/mol. The Kier molecular flexibility index (Phi) is 26.7. The maximum absolute atomic E-state index is 7.33. The summed E-state index contributed by atoms with van der Waals surface area (Å²) in [5, 5.41) is 0. The number of hydrogen-bond donors (Lipinski definition) is 4. The Morgan fingerprint density at radius 3 is 0.750 bits per heavy atom. The van der Waals surface area contributed by atoms with Crippen LogP contribution in [0.4, 0.5) is 0 Å². The average Bonchev–Trinajstić information content (AvgIpc) is 0.722. The van der Waals surface area contributed by atoms with Crippen LogP contribution in [0.3, 0.4) is 0 Å². The molecule has 40 valence electrons. The van der Waals surface area contributed by atoms with Crippen LogP contribution in [0.1, 0.15) is 0 Å². The van der Waals surface area contributed by atoms with Gasteiger partial charge >= 0.3 is 84.5 Å². The maximum atomic E-state index is 7.33. The zero-order chi connectivity index (χ0) is 4.50. The van der Waals surface area contributed by atoms with E-state index in [1.54, 1.807) is 0 Å². The van der Waals surface area contributed by atoms with Gasteiger partial charge in [-0.3, -0.25) is 0 Å². The molecule has 0 bridgehead atoms. The van der Waals surface area contributed by atoms with Gasteiger partial charge in [0.1, 0.15) is 0 Å². The van der Waals surface area contributed by atoms with Crippen LogP contribution in [0.5, 0.6) is 0 Å². The van der Waals surface area contributed by atoms with Crippen molar-refractivity contribution < 1.29 is 24.7 Å². The number of rotatable bonds is 0. The molecule has 0 aromatic heterocycles. The van der Waals surface area contributed by atoms with E-state index in [1.165, 1.54) is 0 Å². The normalized spacial score (nSPS) is 7.50. The molecule has 0 aromatic rings. The molecule has 0 rings (SSSR count). The van der Waals surface area contributed by atoms with E-state index in [-0.39, 0.29) is 81.0 Å². The minimum absolute atomic E-state index is 0. The van der Waals surface area contributed by atoms with E-state index < -0.39 is 9.05 Å². The largest absolute Gasteiger partial charge is 2.00 e. The van der Waals surface area contributed by atoms with E-state index in [0.717, 1.165) is 0 Å². The van der Waals surface area contributed by atoms with Crippen molar-refractivity contribution in [1.82, 2.24) is 0 Å². The van der Waals surface area contributed by atoms with Crippen LogP contribution < -0.4 is 0 Å². The molecule has 0 saturated carbocycles. The fraction of sp³-hybridized carbons (Fsp3) is 0. The second-order valence-electron chi connectivity index (χ2n) is 0.600. The molecule has 0 aliphatic carbocycles. The van der Waals surface area contributed by atoms with Crippen molar-refractivity contribution in [3.05, 3.63) is 0 Å². The van der Waals surface area contributed by atoms with Gasteiger partial charge in [-0.15, -0.1) is 0 Å². The summed E-state index contributed by atoms with van der Waals surface area (Å²) in [6, 6.07) is 0. The zero-order valence-corrected chi connectivity index (χ0v) is 9.53. The van der Waals surface area contributed by atoms with Crippen LogP contribution >= 0.6 is 0 Å². The third kappa shape index (κ3) is 75.4. The Labute approximate surface area is 107 Å². The van der Waals surface area contributed by atoms with Crippen molar-refractivity contribution in [3.8, 4) is 0 Å². The van der Waals surface area contributed by atoms with Crippen molar-refractivity contribution in [2.24, 2.45) is 0 Å². The van der Waals surface area contributed by atoms with Gasteiger partial charge in [0.15, 0.2) is 0 Å². The molecule has 0 saturated heterocycles. The molecule has 0 aliphatic rings. The van der Waals surface area contributed by atoms with Gasteiger partial charge in [0.25, 0.3) is 0 Å². The van der Waals surface area contributed by atoms with Crippen LogP contribution in [0.2, 0.25) is 0 Å². The summed E-state index contributed by atoms with van der Waals surface area (Å²) in [6.45, 7) is 0. The first-order chi connectivity index (χ1) is 2.00. The molecule has 0 heterocycles. The van der Waals surface area contributed by atoms with Crippen molar-refractivity contribution in [2.75, 3.05) is 0 Å². The van der Waals surface area contributed by atoms with E-state index in [1.807, 2.05) is 0 Å². The summed E-state index contributed by atoms with van der Waals surface area (Å²) in [7, 11) is -4.61. The van der Waals surface area contributed by atoms with Gasteiger partial charge in [-0.05, 0) is 0 Å². The smallest absolute Gasteiger partial charge is 2.00 e. The van der Waals surface area contributed by atoms with Crippen LogP contribution in [-0.2, 0) is 5.48 Å². The van der Waals surface area contributed by atoms with Crippen molar-refractivity contribution in [3.63, 3.8) is 0 Å². The Balaban J connectivity index is -0.0000000267. The Bertz CT molecular complexity index is 25.9. The van der Waals surface area contributed by atoms with E-state index in [9.17, 15) is 0 Å². The van der Waals surface area contributed by atoms with Crippen LogP contribution in [0.25, 0.3) is 0 Å². The molecular weight excluding hydrogens is 188 g/mol. The quantitative estimate of drug-likeness (QED) is 0.299. The molecule has 0 fully saturated rings. The summed E-state index contributed by atoms with van der Waals surface area (Å²) >= 11 is 0. The van der Waals surface area contributed by atoms with Gasteiger partial charge in [-0.1, -0.05) is 0 Å². The molecule has 0 aliphatic heterocycles. The molecule has 0 spiro atoms. The predicted octanol–water partition coefficient (Wildman–Crippen LogP) is -3.49. The summed E-state index contributed by atoms with van der Waals surface area (Å²) in [6.07, 6.45) is 0. The Morgan fingerprint density at radius 1 is 0.750 bits per heavy atom. The van der Waals surface area contributed by atoms with Gasteiger partial charge in [-0.25, -0.2) is 0 Å². The first-order valence-electron chi connectivity index (χ1n) is 0.894. The molecule has 8 heteroatoms. The molecule has 0 atom stereocenters. The zero-order valence-electron chi connectivity index (χ0n) is 4.11. The Morgan fingerprint density at radius 2 is 0.750 bits per heavy atom. The maximum Gasteiger partial charge on any atom is 2.00 e. The summed E-state index contributed by atoms with van der Waals surface area (Å²) in [5.41, 5.74) is 0. The van der Waals surface area contributed by atoms with Gasteiger partial charge < -0.3 is 24.7 Å². The second kappa shape index (κ2) is 9.54. The topological polar surface area (TPSA) is 109 Å². The van der Waals surface area contributed by atoms with E-state index >= 15 is 0 Å². The molecule has 0 radical (unpaired) electrons. The molecule has 8 heavy (non-hydrogen) atoms. The van der Waals surface area contributed by atoms with Crippen molar-refractivity contribution in [1.29, 1.82) is 0 Å². The third-order valence-corrected chi connectivity index (χ3v) is 0. The van der Waals surface area contributed by atoms with Gasteiger partial charge in [0.2, 0.25) is 0 Å². The fourth-order valence-electron chi connectivity index (χ4n) is 0. The van der Waals surface area contributed by atoms with Crippen LogP contribution in [0, 0.1) is 0 Å². The van der Waals surface area contributed by atoms with Crippen molar-refractivity contribution >= 4 is 84.5 Å². The minimum atomic E-state index is -4.61. The van der Waals surface area contributed by atoms with Crippen LogP contribution in [-0.4, -0.2) is 104 Å². The van der Waals surface area contributed by atoms with E-state index in [4.69, 9.17) is 19.2 Å². The molecule has 4 N–H and O–H groups in total. The first kappa shape index (κ1) is 22.4. The molecule has 0 aromatic carbocycles. The first-order valence-corrected chi connectivity index (χ1v) is 2.68. The average molecular weight is 192 g/mol. The van der Waals surface area contributed by atoms with Gasteiger partial charge in [-0.2, -0.15) is 0 Å². The summed E-state index contributed by atoms with van der Waals surface area (Å²) in [4.78, 5) is 29.3. The van der Waals surface area contributed by atoms with E-state index in [0.29, 0.717) is 0 Å². The molecule has 0 amide bonds. The standard InChI is InChI=1S/2Ca.H4O4Si.O/c;;1-5(2,3)4;/h;;1-4H;/q2*+2;;-2.